The van der Waals surface area contributed by atoms with Gasteiger partial charge in [0.05, 0.1) is 17.8 Å². The first-order chi connectivity index (χ1) is 9.73. The van der Waals surface area contributed by atoms with Gasteiger partial charge in [0.1, 0.15) is 5.60 Å². The van der Waals surface area contributed by atoms with Crippen molar-refractivity contribution < 1.29 is 19.4 Å². The van der Waals surface area contributed by atoms with Crippen molar-refractivity contribution in [1.29, 1.82) is 0 Å². The van der Waals surface area contributed by atoms with Gasteiger partial charge in [0.15, 0.2) is 11.5 Å². The largest absolute Gasteiger partial charge is 0.503 e. The second kappa shape index (κ2) is 7.17. The highest BCUT2D eigenvalue weighted by atomic mass is 35.5. The van der Waals surface area contributed by atoms with Crippen LogP contribution >= 0.6 is 11.6 Å². The Balaban J connectivity index is 2.74. The Morgan fingerprint density at radius 3 is 2.71 bits per heavy atom. The number of benzene rings is 1. The van der Waals surface area contributed by atoms with Crippen LogP contribution in [0.15, 0.2) is 17.2 Å². The minimum absolute atomic E-state index is 0.129. The highest BCUT2D eigenvalue weighted by Crippen LogP contribution is 2.34. The predicted molar refractivity (Wildman–Crippen MR) is 81.2 cm³/mol. The first kappa shape index (κ1) is 17.1. The van der Waals surface area contributed by atoms with Gasteiger partial charge in [0.25, 0.3) is 0 Å². The summed E-state index contributed by atoms with van der Waals surface area (Å²) in [7, 11) is 0. The van der Waals surface area contributed by atoms with Gasteiger partial charge >= 0.3 is 6.09 Å². The molecule has 0 aromatic heterocycles. The molecule has 0 heterocycles. The number of nitrogens with zero attached hydrogens (tertiary/aromatic N) is 1. The summed E-state index contributed by atoms with van der Waals surface area (Å²) in [5.74, 6) is 0.125. The molecular formula is C14H19ClN2O4. The normalized spacial score (nSPS) is 11.5. The van der Waals surface area contributed by atoms with E-state index in [9.17, 15) is 9.90 Å². The maximum Gasteiger partial charge on any atom is 0.428 e. The Kier molecular flexibility index (Phi) is 5.84. The number of rotatable bonds is 4. The summed E-state index contributed by atoms with van der Waals surface area (Å²) in [5, 5.41) is 13.6. The molecule has 1 rings (SSSR count). The van der Waals surface area contributed by atoms with Crippen LogP contribution in [0.5, 0.6) is 11.5 Å². The molecule has 0 aliphatic heterocycles. The van der Waals surface area contributed by atoms with E-state index in [0.717, 1.165) is 0 Å². The number of hydrazone groups is 1. The van der Waals surface area contributed by atoms with Crippen molar-refractivity contribution >= 4 is 23.9 Å². The van der Waals surface area contributed by atoms with Crippen LogP contribution in [0.4, 0.5) is 4.79 Å². The lowest BCUT2D eigenvalue weighted by Gasteiger charge is -2.18. The molecule has 0 fully saturated rings. The van der Waals surface area contributed by atoms with Crippen LogP contribution in [0.3, 0.4) is 0 Å². The van der Waals surface area contributed by atoms with Crippen LogP contribution in [-0.2, 0) is 4.74 Å². The molecule has 1 aromatic carbocycles. The number of halogens is 1. The summed E-state index contributed by atoms with van der Waals surface area (Å²) in [5.41, 5.74) is 2.21. The minimum Gasteiger partial charge on any atom is -0.503 e. The molecule has 0 radical (unpaired) electrons. The highest BCUT2D eigenvalue weighted by Gasteiger charge is 2.15. The van der Waals surface area contributed by atoms with E-state index in [1.54, 1.807) is 33.8 Å². The molecule has 0 saturated carbocycles. The quantitative estimate of drug-likeness (QED) is 0.660. The Morgan fingerprint density at radius 1 is 1.48 bits per heavy atom. The maximum absolute atomic E-state index is 11.4. The number of amides is 1. The highest BCUT2D eigenvalue weighted by molar-refractivity contribution is 6.32. The van der Waals surface area contributed by atoms with E-state index in [-0.39, 0.29) is 16.5 Å². The molecule has 0 atom stereocenters. The standard InChI is InChI=1S/C14H19ClN2O4/c1-5-20-11-7-9(6-10(15)12(11)18)8-16-17-13(19)21-14(2,3)4/h6-8,18H,5H2,1-4H3,(H,17,19)/b16-8+. The Labute approximate surface area is 128 Å². The second-order valence-electron chi connectivity index (χ2n) is 5.15. The number of phenolic OH excluding ortho intramolecular Hbond substituents is 1. The van der Waals surface area contributed by atoms with Gasteiger partial charge in [-0.1, -0.05) is 11.6 Å². The van der Waals surface area contributed by atoms with Crippen molar-refractivity contribution in [1.82, 2.24) is 5.43 Å². The third-order valence-corrected chi connectivity index (χ3v) is 2.41. The topological polar surface area (TPSA) is 80.2 Å². The van der Waals surface area contributed by atoms with Crippen molar-refractivity contribution in [3.63, 3.8) is 0 Å². The zero-order chi connectivity index (χ0) is 16.0. The summed E-state index contributed by atoms with van der Waals surface area (Å²) < 4.78 is 10.3. The Bertz CT molecular complexity index is 539. The number of aromatic hydroxyl groups is 1. The summed E-state index contributed by atoms with van der Waals surface area (Å²) in [6.07, 6.45) is 0.714. The summed E-state index contributed by atoms with van der Waals surface area (Å²) in [4.78, 5) is 11.4. The smallest absolute Gasteiger partial charge is 0.428 e. The fourth-order valence-corrected chi connectivity index (χ4v) is 1.61. The molecule has 0 spiro atoms. The molecule has 0 unspecified atom stereocenters. The van der Waals surface area contributed by atoms with Crippen LogP contribution < -0.4 is 10.2 Å². The summed E-state index contributed by atoms with van der Waals surface area (Å²) in [6.45, 7) is 7.44. The van der Waals surface area contributed by atoms with E-state index < -0.39 is 11.7 Å². The first-order valence-corrected chi connectivity index (χ1v) is 6.78. The molecule has 0 aliphatic carbocycles. The lowest BCUT2D eigenvalue weighted by Crippen LogP contribution is -2.29. The van der Waals surface area contributed by atoms with E-state index >= 15 is 0 Å². The Hall–Kier alpha value is -1.95. The second-order valence-corrected chi connectivity index (χ2v) is 5.56. The third-order valence-electron chi connectivity index (χ3n) is 2.12. The molecule has 0 bridgehead atoms. The van der Waals surface area contributed by atoms with E-state index in [2.05, 4.69) is 10.5 Å². The van der Waals surface area contributed by atoms with Crippen molar-refractivity contribution in [2.45, 2.75) is 33.3 Å². The predicted octanol–water partition coefficient (Wildman–Crippen LogP) is 3.30. The molecule has 7 heteroatoms. The zero-order valence-corrected chi connectivity index (χ0v) is 13.2. The molecule has 1 amide bonds. The molecular weight excluding hydrogens is 296 g/mol. The molecule has 6 nitrogen and oxygen atoms in total. The number of hydrogen-bond donors (Lipinski definition) is 2. The van der Waals surface area contributed by atoms with Gasteiger partial charge < -0.3 is 14.6 Å². The van der Waals surface area contributed by atoms with Crippen molar-refractivity contribution in [3.8, 4) is 11.5 Å². The number of carbonyl (C=O) groups is 1. The number of hydrogen-bond acceptors (Lipinski definition) is 5. The first-order valence-electron chi connectivity index (χ1n) is 6.40. The molecule has 116 valence electrons. The van der Waals surface area contributed by atoms with Crippen LogP contribution in [0.1, 0.15) is 33.3 Å². The zero-order valence-electron chi connectivity index (χ0n) is 12.4. The number of nitrogens with one attached hydrogen (secondary N) is 1. The van der Waals surface area contributed by atoms with Gasteiger partial charge in [-0.2, -0.15) is 5.10 Å². The molecule has 0 aliphatic rings. The SMILES string of the molecule is CCOc1cc(/C=N/NC(=O)OC(C)(C)C)cc(Cl)c1O. The number of phenols is 1. The van der Waals surface area contributed by atoms with Crippen LogP contribution in [0, 0.1) is 0 Å². The monoisotopic (exact) mass is 314 g/mol. The van der Waals surface area contributed by atoms with E-state index in [1.165, 1.54) is 12.3 Å². The van der Waals surface area contributed by atoms with Crippen molar-refractivity contribution in [3.05, 3.63) is 22.7 Å². The summed E-state index contributed by atoms with van der Waals surface area (Å²) in [6, 6.07) is 3.06. The maximum atomic E-state index is 11.4. The van der Waals surface area contributed by atoms with E-state index in [1.807, 2.05) is 0 Å². The van der Waals surface area contributed by atoms with Gasteiger partial charge in [-0.3, -0.25) is 0 Å². The van der Waals surface area contributed by atoms with Crippen LogP contribution in [-0.4, -0.2) is 29.6 Å². The fraction of sp³-hybridized carbons (Fsp3) is 0.429. The minimum atomic E-state index is -0.659. The van der Waals surface area contributed by atoms with E-state index in [4.69, 9.17) is 21.1 Å². The molecule has 0 saturated heterocycles. The molecule has 1 aromatic rings. The van der Waals surface area contributed by atoms with Crippen molar-refractivity contribution in [2.75, 3.05) is 6.61 Å². The fourth-order valence-electron chi connectivity index (χ4n) is 1.39. The average molecular weight is 315 g/mol. The van der Waals surface area contributed by atoms with Gasteiger partial charge in [-0.15, -0.1) is 0 Å². The third kappa shape index (κ3) is 5.91. The molecule has 21 heavy (non-hydrogen) atoms. The van der Waals surface area contributed by atoms with Gasteiger partial charge in [0.2, 0.25) is 0 Å². The van der Waals surface area contributed by atoms with Crippen molar-refractivity contribution in [2.24, 2.45) is 5.10 Å². The average Bonchev–Trinajstić information content (AvgIpc) is 2.33. The van der Waals surface area contributed by atoms with Gasteiger partial charge in [0, 0.05) is 0 Å². The van der Waals surface area contributed by atoms with Crippen LogP contribution in [0.25, 0.3) is 0 Å². The number of ether oxygens (including phenoxy) is 2. The lowest BCUT2D eigenvalue weighted by molar-refractivity contribution is 0.0529. The lowest BCUT2D eigenvalue weighted by atomic mass is 10.2. The Morgan fingerprint density at radius 2 is 2.14 bits per heavy atom. The van der Waals surface area contributed by atoms with Gasteiger partial charge in [-0.25, -0.2) is 10.2 Å². The number of carbonyl (C=O) groups excluding carboxylic acids is 1. The van der Waals surface area contributed by atoms with Gasteiger partial charge in [-0.05, 0) is 45.4 Å². The van der Waals surface area contributed by atoms with Crippen LogP contribution in [0.2, 0.25) is 5.02 Å². The van der Waals surface area contributed by atoms with E-state index in [0.29, 0.717) is 12.2 Å². The summed E-state index contributed by atoms with van der Waals surface area (Å²) >= 11 is 5.88. The molecule has 2 N–H and O–H groups in total.